The number of rotatable bonds is 5. The van der Waals surface area contributed by atoms with Crippen LogP contribution in [-0.2, 0) is 0 Å². The van der Waals surface area contributed by atoms with Gasteiger partial charge in [0.2, 0.25) is 0 Å². The number of hydrogen-bond acceptors (Lipinski definition) is 6. The van der Waals surface area contributed by atoms with Crippen molar-refractivity contribution in [2.24, 2.45) is 0 Å². The molecule has 3 aromatic rings. The molecule has 8 heteroatoms. The second-order valence-corrected chi connectivity index (χ2v) is 7.50. The number of aromatic nitrogens is 4. The highest BCUT2D eigenvalue weighted by atomic mass is 16.5. The Morgan fingerprint density at radius 1 is 1.18 bits per heavy atom. The molecule has 2 fully saturated rings. The summed E-state index contributed by atoms with van der Waals surface area (Å²) < 4.78 is 7.09. The van der Waals surface area contributed by atoms with Crippen molar-refractivity contribution in [1.29, 1.82) is 0 Å². The fourth-order valence-corrected chi connectivity index (χ4v) is 3.57. The van der Waals surface area contributed by atoms with Crippen LogP contribution in [0.4, 0.5) is 5.82 Å². The molecule has 3 heterocycles. The Bertz CT molecular complexity index is 1040. The molecule has 0 N–H and O–H groups in total. The predicted molar refractivity (Wildman–Crippen MR) is 104 cm³/mol. The zero-order valence-electron chi connectivity index (χ0n) is 15.9. The van der Waals surface area contributed by atoms with Crippen LogP contribution in [0.1, 0.15) is 34.9 Å². The molecule has 1 aliphatic carbocycles. The van der Waals surface area contributed by atoms with E-state index in [2.05, 4.69) is 15.1 Å². The van der Waals surface area contributed by atoms with Gasteiger partial charge in [-0.1, -0.05) is 6.07 Å². The monoisotopic (exact) mass is 378 g/mol. The number of benzene rings is 1. The van der Waals surface area contributed by atoms with Crippen molar-refractivity contribution in [3.63, 3.8) is 0 Å². The summed E-state index contributed by atoms with van der Waals surface area (Å²) in [5.74, 6) is 3.04. The van der Waals surface area contributed by atoms with Crippen LogP contribution in [0, 0.1) is 0 Å². The molecular formula is C20H22N6O2. The molecule has 2 aromatic heterocycles. The summed E-state index contributed by atoms with van der Waals surface area (Å²) in [6.07, 6.45) is 2.32. The number of likely N-dealkylation sites (N-methyl/N-ethyl adjacent to an activating group) is 1. The molecule has 2 aliphatic rings. The van der Waals surface area contributed by atoms with Crippen LogP contribution in [0.3, 0.4) is 0 Å². The minimum Gasteiger partial charge on any atom is -0.497 e. The van der Waals surface area contributed by atoms with E-state index in [0.29, 0.717) is 17.2 Å². The van der Waals surface area contributed by atoms with Crippen molar-refractivity contribution < 1.29 is 9.53 Å². The molecule has 1 saturated carbocycles. The van der Waals surface area contributed by atoms with Gasteiger partial charge >= 0.3 is 0 Å². The number of methoxy groups -OCH3 is 1. The van der Waals surface area contributed by atoms with Gasteiger partial charge in [-0.15, -0.1) is 15.3 Å². The van der Waals surface area contributed by atoms with E-state index < -0.39 is 0 Å². The highest BCUT2D eigenvalue weighted by Gasteiger charge is 2.34. The molecule has 0 bridgehead atoms. The van der Waals surface area contributed by atoms with Gasteiger partial charge in [0.15, 0.2) is 11.5 Å². The van der Waals surface area contributed by atoms with Crippen LogP contribution in [-0.4, -0.2) is 63.9 Å². The molecule has 28 heavy (non-hydrogen) atoms. The molecule has 0 spiro atoms. The lowest BCUT2D eigenvalue weighted by molar-refractivity contribution is 0.0704. The molecule has 0 radical (unpaired) electrons. The molecule has 8 nitrogen and oxygen atoms in total. The van der Waals surface area contributed by atoms with Gasteiger partial charge < -0.3 is 14.5 Å². The first-order valence-electron chi connectivity index (χ1n) is 9.52. The summed E-state index contributed by atoms with van der Waals surface area (Å²) in [4.78, 5) is 16.8. The standard InChI is InChI=1S/C20H22N6O2/c1-24(20(27)14-4-3-5-16(10-14)28-2)15-11-25(12-15)18-9-8-17-21-22-19(13-6-7-13)26(17)23-18/h3-5,8-10,13,15H,6-7,11-12H2,1-2H3. The van der Waals surface area contributed by atoms with Crippen LogP contribution in [0.15, 0.2) is 36.4 Å². The smallest absolute Gasteiger partial charge is 0.254 e. The Morgan fingerprint density at radius 3 is 2.75 bits per heavy atom. The first-order chi connectivity index (χ1) is 13.6. The summed E-state index contributed by atoms with van der Waals surface area (Å²) in [5.41, 5.74) is 1.42. The van der Waals surface area contributed by atoms with E-state index in [1.165, 1.54) is 0 Å². The fraction of sp³-hybridized carbons (Fsp3) is 0.400. The van der Waals surface area contributed by atoms with E-state index in [0.717, 1.165) is 43.2 Å². The van der Waals surface area contributed by atoms with Crippen molar-refractivity contribution in [3.05, 3.63) is 47.8 Å². The summed E-state index contributed by atoms with van der Waals surface area (Å²) in [5, 5.41) is 13.2. The maximum atomic E-state index is 12.8. The fourth-order valence-electron chi connectivity index (χ4n) is 3.57. The van der Waals surface area contributed by atoms with E-state index in [1.807, 2.05) is 41.9 Å². The molecular weight excluding hydrogens is 356 g/mol. The van der Waals surface area contributed by atoms with E-state index >= 15 is 0 Å². The van der Waals surface area contributed by atoms with Crippen molar-refractivity contribution in [1.82, 2.24) is 24.7 Å². The largest absolute Gasteiger partial charge is 0.497 e. The number of fused-ring (bicyclic) bond motifs is 1. The maximum absolute atomic E-state index is 12.8. The van der Waals surface area contributed by atoms with Gasteiger partial charge in [0, 0.05) is 31.6 Å². The van der Waals surface area contributed by atoms with E-state index in [-0.39, 0.29) is 11.9 Å². The van der Waals surface area contributed by atoms with Gasteiger partial charge in [-0.25, -0.2) is 0 Å². The van der Waals surface area contributed by atoms with Crippen LogP contribution < -0.4 is 9.64 Å². The first kappa shape index (κ1) is 17.0. The quantitative estimate of drug-likeness (QED) is 0.676. The molecule has 1 saturated heterocycles. The van der Waals surface area contributed by atoms with Crippen molar-refractivity contribution in [2.45, 2.75) is 24.8 Å². The molecule has 0 atom stereocenters. The molecule has 1 aliphatic heterocycles. The minimum atomic E-state index is 0.00166. The molecule has 144 valence electrons. The maximum Gasteiger partial charge on any atom is 0.254 e. The molecule has 1 aromatic carbocycles. The van der Waals surface area contributed by atoms with Gasteiger partial charge in [0.05, 0.1) is 13.2 Å². The summed E-state index contributed by atoms with van der Waals surface area (Å²) in [6.45, 7) is 1.51. The Kier molecular flexibility index (Phi) is 3.92. The number of hydrogen-bond donors (Lipinski definition) is 0. The number of amides is 1. The normalized spacial score (nSPS) is 16.9. The zero-order chi connectivity index (χ0) is 19.3. The number of nitrogens with zero attached hydrogens (tertiary/aromatic N) is 6. The van der Waals surface area contributed by atoms with Crippen LogP contribution >= 0.6 is 0 Å². The third kappa shape index (κ3) is 2.85. The van der Waals surface area contributed by atoms with Gasteiger partial charge in [-0.2, -0.15) is 4.52 Å². The number of ether oxygens (including phenoxy) is 1. The van der Waals surface area contributed by atoms with Crippen LogP contribution in [0.2, 0.25) is 0 Å². The summed E-state index contributed by atoms with van der Waals surface area (Å²) in [7, 11) is 3.46. The molecule has 1 amide bonds. The van der Waals surface area contributed by atoms with Crippen molar-refractivity contribution in [2.75, 3.05) is 32.1 Å². The van der Waals surface area contributed by atoms with Gasteiger partial charge in [0.1, 0.15) is 11.6 Å². The lowest BCUT2D eigenvalue weighted by Gasteiger charge is -2.44. The van der Waals surface area contributed by atoms with E-state index in [4.69, 9.17) is 9.84 Å². The third-order valence-electron chi connectivity index (χ3n) is 5.59. The van der Waals surface area contributed by atoms with Crippen molar-refractivity contribution >= 4 is 17.4 Å². The SMILES string of the molecule is COc1cccc(C(=O)N(C)C2CN(c3ccc4nnc(C5CC5)n4n3)C2)c1. The van der Waals surface area contributed by atoms with E-state index in [1.54, 1.807) is 18.1 Å². The highest BCUT2D eigenvalue weighted by Crippen LogP contribution is 2.38. The van der Waals surface area contributed by atoms with Crippen molar-refractivity contribution in [3.8, 4) is 5.75 Å². The molecule has 5 rings (SSSR count). The van der Waals surface area contributed by atoms with Crippen LogP contribution in [0.5, 0.6) is 5.75 Å². The minimum absolute atomic E-state index is 0.00166. The van der Waals surface area contributed by atoms with E-state index in [9.17, 15) is 4.79 Å². The summed E-state index contributed by atoms with van der Waals surface area (Å²) in [6, 6.07) is 11.3. The topological polar surface area (TPSA) is 75.9 Å². The third-order valence-corrected chi connectivity index (χ3v) is 5.59. The second kappa shape index (κ2) is 6.47. The number of carbonyl (C=O) groups is 1. The average Bonchev–Trinajstić information content (AvgIpc) is 3.45. The zero-order valence-corrected chi connectivity index (χ0v) is 15.9. The lowest BCUT2D eigenvalue weighted by atomic mass is 10.1. The van der Waals surface area contributed by atoms with Gasteiger partial charge in [-0.3, -0.25) is 4.79 Å². The predicted octanol–water partition coefficient (Wildman–Crippen LogP) is 1.97. The first-order valence-corrected chi connectivity index (χ1v) is 9.52. The Labute approximate surface area is 162 Å². The lowest BCUT2D eigenvalue weighted by Crippen LogP contribution is -2.60. The number of carbonyl (C=O) groups excluding carboxylic acids is 1. The Hall–Kier alpha value is -3.16. The highest BCUT2D eigenvalue weighted by molar-refractivity contribution is 5.94. The average molecular weight is 378 g/mol. The number of anilines is 1. The van der Waals surface area contributed by atoms with Crippen LogP contribution in [0.25, 0.3) is 5.65 Å². The summed E-state index contributed by atoms with van der Waals surface area (Å²) >= 11 is 0. The molecule has 0 unspecified atom stereocenters. The van der Waals surface area contributed by atoms with Gasteiger partial charge in [-0.05, 0) is 43.2 Å². The Morgan fingerprint density at radius 2 is 2.00 bits per heavy atom. The Balaban J connectivity index is 1.28. The van der Waals surface area contributed by atoms with Gasteiger partial charge in [0.25, 0.3) is 5.91 Å². The second-order valence-electron chi connectivity index (χ2n) is 7.50.